The molecule has 0 aromatic rings. The van der Waals surface area contributed by atoms with E-state index in [9.17, 15) is 43.2 Å². The molecule has 0 aromatic heterocycles. The van der Waals surface area contributed by atoms with E-state index in [4.69, 9.17) is 0 Å². The summed E-state index contributed by atoms with van der Waals surface area (Å²) < 4.78 is 0. The van der Waals surface area contributed by atoms with E-state index in [1.54, 1.807) is 0 Å². The molecule has 31 heteroatoms. The Morgan fingerprint density at radius 3 is 0.841 bits per heavy atom. The van der Waals surface area contributed by atoms with Crippen LogP contribution in [-0.2, 0) is 194 Å². The molecule has 0 aliphatic rings. The molecule has 0 heterocycles. The monoisotopic (exact) mass is 1850 g/mol. The first kappa shape index (κ1) is 194. The number of hydrogen-bond acceptors (Lipinski definition) is 22. The molecule has 0 bridgehead atoms. The minimum Gasteiger partial charge on any atom is -0.813 e. The predicted octanol–water partition coefficient (Wildman–Crippen LogP) is 11.4. The van der Waals surface area contributed by atoms with Crippen LogP contribution in [0.4, 0.5) is 9.59 Å². The maximum atomic E-state index is 10.6. The van der Waals surface area contributed by atoms with Crippen molar-refractivity contribution in [3.63, 3.8) is 0 Å². The van der Waals surface area contributed by atoms with Crippen LogP contribution < -0.4 is 10.6 Å². The first-order valence-corrected chi connectivity index (χ1v) is 17.1. The van der Waals surface area contributed by atoms with E-state index in [0.29, 0.717) is 11.8 Å². The fourth-order valence-corrected chi connectivity index (χ4v) is 1.16. The van der Waals surface area contributed by atoms with Gasteiger partial charge in [0.25, 0.3) is 6.29 Å². The van der Waals surface area contributed by atoms with Gasteiger partial charge in [0, 0.05) is 145 Å². The van der Waals surface area contributed by atoms with Crippen molar-refractivity contribution in [2.24, 2.45) is 34.9 Å². The average Bonchev–Trinajstić information content (AvgIpc) is 2.92. The fourth-order valence-electron chi connectivity index (χ4n) is 0.867. The molecular weight excluding hydrogens is 1770 g/mol. The van der Waals surface area contributed by atoms with E-state index in [-0.39, 0.29) is 276 Å². The summed E-state index contributed by atoms with van der Waals surface area (Å²) in [4.78, 5) is 108. The summed E-state index contributed by atoms with van der Waals surface area (Å²) in [6, 6.07) is 0. The fraction of sp³-hybridized carbons (Fsp3) is 0.594. The molecule has 2 amide bonds. The van der Waals surface area contributed by atoms with Gasteiger partial charge in [-0.05, 0) is 13.8 Å². The van der Waals surface area contributed by atoms with Crippen LogP contribution in [-0.4, -0.2) is 71.9 Å². The molecule has 63 heavy (non-hydrogen) atoms. The van der Waals surface area contributed by atoms with Gasteiger partial charge in [0.05, 0.1) is 0 Å². The van der Waals surface area contributed by atoms with Crippen molar-refractivity contribution in [2.75, 3.05) is 0 Å². The largest absolute Gasteiger partial charge is 0.813 e. The molecule has 0 aliphatic heterocycles. The van der Waals surface area contributed by atoms with Gasteiger partial charge in [0.15, 0.2) is 0 Å². The standard InChI is InChI=1S/C5H4N3O3S.C4H3N3O3S.C4HN3O3.C4H8.CH3S.14CH4.I2.HI.3H2S.2W.2Y/c1-12-5(11)8-4(6-2-9)7-3-10;8-1-5-3(6-2-9)7-4(10)11;8-1-5-4(6-2-9)7-3-10;1-4(2)3;1-2;;;;;;;;;;;;;;;1-2;;;;;;;;/h4H,1H2,(H,8,11);3H,(H2,7,10,11);4H;1H2,2-3H3;2H,1H2;14*1H4;;1H;3*1H2;;;;/q-1;;;;-1;;;;;;;;;;;;;;;;;;;;;;;/p-4. The van der Waals surface area contributed by atoms with Gasteiger partial charge in [-0.25, -0.2) is 33.6 Å². The number of carbonyl (C=O) groups excluding carboxylic acids is 9. The number of rotatable bonds is 9. The number of nitrogens with one attached hydrogen (secondary N) is 2. The van der Waals surface area contributed by atoms with E-state index < -0.39 is 29.3 Å². The van der Waals surface area contributed by atoms with Gasteiger partial charge in [0.1, 0.15) is 5.24 Å². The predicted molar refractivity (Wildman–Crippen MR) is 304 cm³/mol. The number of halogens is 3. The second-order valence-corrected chi connectivity index (χ2v) is 5.88. The Kier molecular flexibility index (Phi) is 572. The van der Waals surface area contributed by atoms with E-state index >= 15 is 0 Å². The molecule has 0 aromatic carbocycles. The smallest absolute Gasteiger partial charge is 0.267 e. The first-order valence-electron chi connectivity index (χ1n) is 8.80. The van der Waals surface area contributed by atoms with Crippen LogP contribution in [0.25, 0.3) is 0 Å². The molecule has 0 aliphatic carbocycles. The summed E-state index contributed by atoms with van der Waals surface area (Å²) >= 11 is 12.2. The second-order valence-electron chi connectivity index (χ2n) is 4.85. The Morgan fingerprint density at radius 1 is 0.556 bits per heavy atom. The number of allylic oxidation sites excluding steroid dienone is 1. The number of thioether (sulfide) groups is 1. The zero-order valence-electron chi connectivity index (χ0n) is 24.4. The molecule has 0 saturated heterocycles. The van der Waals surface area contributed by atoms with E-state index in [0.717, 1.165) is 42.6 Å². The first-order chi connectivity index (χ1) is 19.5. The summed E-state index contributed by atoms with van der Waals surface area (Å²) in [5, 5.41) is 2.55. The molecular formula is C32H78I3N9O9S6W2Y2-6. The summed E-state index contributed by atoms with van der Waals surface area (Å²) in [5.41, 5.74) is 1.17. The molecule has 0 fully saturated rings. The minimum atomic E-state index is -1.37. The van der Waals surface area contributed by atoms with Crippen LogP contribution in [0.1, 0.15) is 118 Å². The molecule has 386 valence electrons. The van der Waals surface area contributed by atoms with E-state index in [1.165, 1.54) is 5.57 Å². The third-order valence-corrected chi connectivity index (χ3v) is 2.33. The topological polar surface area (TPSA) is 264 Å². The molecule has 18 nitrogen and oxygen atoms in total. The Labute approximate surface area is 541 Å². The van der Waals surface area contributed by atoms with Gasteiger partial charge in [0.2, 0.25) is 60.4 Å². The van der Waals surface area contributed by atoms with Crippen LogP contribution >= 0.6 is 85.6 Å². The zero-order chi connectivity index (χ0) is 33.5. The van der Waals surface area contributed by atoms with Crippen molar-refractivity contribution in [1.82, 2.24) is 10.6 Å². The molecule has 0 atom stereocenters. The molecule has 2 N–H and O–H groups in total. The van der Waals surface area contributed by atoms with Crippen LogP contribution in [0, 0.1) is 12.5 Å². The van der Waals surface area contributed by atoms with E-state index in [2.05, 4.69) is 122 Å². The van der Waals surface area contributed by atoms with Gasteiger partial charge < -0.3 is 81.2 Å². The third kappa shape index (κ3) is 226. The van der Waals surface area contributed by atoms with Crippen molar-refractivity contribution in [3.05, 3.63) is 24.7 Å². The van der Waals surface area contributed by atoms with Crippen molar-refractivity contribution in [2.45, 2.75) is 137 Å². The van der Waals surface area contributed by atoms with Gasteiger partial charge in [-0.3, -0.25) is 29.1 Å². The van der Waals surface area contributed by atoms with Crippen molar-refractivity contribution in [3.8, 4) is 0 Å². The van der Waals surface area contributed by atoms with Gasteiger partial charge in [-0.15, -0.1) is 30.6 Å². The van der Waals surface area contributed by atoms with Crippen LogP contribution in [0.3, 0.4) is 0 Å². The Morgan fingerprint density at radius 2 is 0.714 bits per heavy atom. The van der Waals surface area contributed by atoms with Crippen molar-refractivity contribution >= 4 is 192 Å². The number of hydrogen-bond donors (Lipinski definition) is 3. The number of amides is 2. The summed E-state index contributed by atoms with van der Waals surface area (Å²) in [6.45, 7) is 7.50. The quantitative estimate of drug-likeness (QED) is 0.0369. The number of aliphatic imine (C=N–C) groups is 7. The number of thiol groups is 4. The molecule has 0 saturated carbocycles. The molecule has 0 spiro atoms. The Hall–Kier alpha value is 2.08. The minimum absolute atomic E-state index is 0. The van der Waals surface area contributed by atoms with Crippen molar-refractivity contribution < 1.29 is 151 Å². The Bertz CT molecular complexity index is 1080. The zero-order valence-corrected chi connectivity index (χ0v) is 47.8. The average molecular weight is 1850 g/mol. The summed E-state index contributed by atoms with van der Waals surface area (Å²) in [5.74, 6) is 0. The van der Waals surface area contributed by atoms with Gasteiger partial charge >= 0.3 is 0 Å². The SMILES string of the molecule is C.C.C.C.C.C.C.C.C.C.C.C.C.C.C=C(C)C.I.II.O=C=NC(N=C=O)N=C=O.O=C=NC(N=C=O)NC(=O)[S-].[CH2-]S.[CH2-]SC(=O)NC(N=C=O)N=C=O.[SH-].[SH-].[SH-].[W].[W].[Y].[Y]. The number of carbonyl (C=O) groups is 2. The Balaban J connectivity index is -0.00000000890. The van der Waals surface area contributed by atoms with Gasteiger partial charge in [-0.1, -0.05) is 110 Å². The van der Waals surface area contributed by atoms with Crippen LogP contribution in [0.2, 0.25) is 0 Å². The maximum absolute atomic E-state index is 10.6. The van der Waals surface area contributed by atoms with Crippen LogP contribution in [0.5, 0.6) is 0 Å². The second kappa shape index (κ2) is 185. The third-order valence-electron chi connectivity index (χ3n) is 1.83. The van der Waals surface area contributed by atoms with E-state index in [1.807, 2.05) is 19.2 Å². The normalized spacial score (nSPS) is 5.89. The van der Waals surface area contributed by atoms with Crippen molar-refractivity contribution in [1.29, 1.82) is 0 Å². The van der Waals surface area contributed by atoms with Gasteiger partial charge in [-0.2, -0.15) is 34.9 Å². The number of isocyanates is 7. The molecule has 2 radical (unpaired) electrons. The molecule has 0 rings (SSSR count). The molecule has 0 unspecified atom stereocenters. The summed E-state index contributed by atoms with van der Waals surface area (Å²) in [7, 11) is 0. The maximum Gasteiger partial charge on any atom is 0.267 e. The number of nitrogens with zero attached hydrogens (tertiary/aromatic N) is 7. The summed E-state index contributed by atoms with van der Waals surface area (Å²) in [6.07, 6.45) is 9.89. The van der Waals surface area contributed by atoms with Crippen LogP contribution in [0.15, 0.2) is 47.1 Å².